The van der Waals surface area contributed by atoms with E-state index in [2.05, 4.69) is 27.8 Å². The standard InChI is InChI=1S/C15H20ClN3/c1-17-15(18-13-6-7-13)19-14-8-11(9-14)10-2-4-12(16)5-3-10/h2-5,11,13-14H,6-9H2,1H3,(H2,17,18,19). The smallest absolute Gasteiger partial charge is 0.191 e. The summed E-state index contributed by atoms with van der Waals surface area (Å²) in [5.74, 6) is 1.62. The molecule has 0 saturated heterocycles. The molecule has 0 atom stereocenters. The number of benzene rings is 1. The van der Waals surface area contributed by atoms with Gasteiger partial charge in [0.05, 0.1) is 0 Å². The largest absolute Gasteiger partial charge is 0.354 e. The van der Waals surface area contributed by atoms with Gasteiger partial charge in [-0.05, 0) is 49.3 Å². The van der Waals surface area contributed by atoms with Gasteiger partial charge in [-0.2, -0.15) is 0 Å². The fourth-order valence-electron chi connectivity index (χ4n) is 2.53. The van der Waals surface area contributed by atoms with Crippen molar-refractivity contribution in [3.05, 3.63) is 34.9 Å². The molecule has 0 unspecified atom stereocenters. The van der Waals surface area contributed by atoms with E-state index < -0.39 is 0 Å². The minimum absolute atomic E-state index is 0.547. The van der Waals surface area contributed by atoms with Crippen molar-refractivity contribution in [2.24, 2.45) is 4.99 Å². The van der Waals surface area contributed by atoms with Crippen LogP contribution < -0.4 is 10.6 Å². The van der Waals surface area contributed by atoms with Crippen molar-refractivity contribution in [1.82, 2.24) is 10.6 Å². The van der Waals surface area contributed by atoms with E-state index in [0.29, 0.717) is 18.0 Å². The monoisotopic (exact) mass is 277 g/mol. The molecule has 3 nitrogen and oxygen atoms in total. The predicted molar refractivity (Wildman–Crippen MR) is 79.9 cm³/mol. The molecule has 3 rings (SSSR count). The lowest BCUT2D eigenvalue weighted by atomic mass is 9.76. The molecule has 1 aromatic rings. The van der Waals surface area contributed by atoms with Crippen molar-refractivity contribution in [2.45, 2.75) is 43.7 Å². The number of hydrogen-bond acceptors (Lipinski definition) is 1. The highest BCUT2D eigenvalue weighted by atomic mass is 35.5. The third kappa shape index (κ3) is 3.21. The zero-order chi connectivity index (χ0) is 13.2. The Labute approximate surface area is 119 Å². The first kappa shape index (κ1) is 12.8. The van der Waals surface area contributed by atoms with Crippen molar-refractivity contribution in [3.8, 4) is 0 Å². The van der Waals surface area contributed by atoms with E-state index in [1.54, 1.807) is 0 Å². The summed E-state index contributed by atoms with van der Waals surface area (Å²) in [4.78, 5) is 4.28. The molecular formula is C15H20ClN3. The fraction of sp³-hybridized carbons (Fsp3) is 0.533. The zero-order valence-electron chi connectivity index (χ0n) is 11.2. The van der Waals surface area contributed by atoms with E-state index in [4.69, 9.17) is 11.6 Å². The van der Waals surface area contributed by atoms with Crippen molar-refractivity contribution in [3.63, 3.8) is 0 Å². The molecule has 0 bridgehead atoms. The highest BCUT2D eigenvalue weighted by molar-refractivity contribution is 6.30. The Morgan fingerprint density at radius 2 is 1.74 bits per heavy atom. The lowest BCUT2D eigenvalue weighted by molar-refractivity contribution is 0.322. The SMILES string of the molecule is CN=C(NC1CC1)NC1CC(c2ccc(Cl)cc2)C1. The minimum atomic E-state index is 0.547. The second kappa shape index (κ2) is 5.41. The van der Waals surface area contributed by atoms with Crippen LogP contribution in [-0.2, 0) is 0 Å². The Hall–Kier alpha value is -1.22. The Morgan fingerprint density at radius 1 is 1.11 bits per heavy atom. The van der Waals surface area contributed by atoms with E-state index in [1.807, 2.05) is 19.2 Å². The van der Waals surface area contributed by atoms with Gasteiger partial charge in [-0.15, -0.1) is 0 Å². The van der Waals surface area contributed by atoms with Crippen molar-refractivity contribution < 1.29 is 0 Å². The van der Waals surface area contributed by atoms with Gasteiger partial charge in [0, 0.05) is 24.2 Å². The molecule has 0 spiro atoms. The average molecular weight is 278 g/mol. The van der Waals surface area contributed by atoms with Crippen molar-refractivity contribution >= 4 is 17.6 Å². The third-order valence-corrected chi connectivity index (χ3v) is 4.21. The lowest BCUT2D eigenvalue weighted by Crippen LogP contribution is -2.49. The summed E-state index contributed by atoms with van der Waals surface area (Å²) >= 11 is 5.91. The quantitative estimate of drug-likeness (QED) is 0.658. The third-order valence-electron chi connectivity index (χ3n) is 3.96. The van der Waals surface area contributed by atoms with Crippen molar-refractivity contribution in [2.75, 3.05) is 7.05 Å². The second-order valence-corrected chi connectivity index (χ2v) is 5.99. The van der Waals surface area contributed by atoms with Crippen LogP contribution in [0.5, 0.6) is 0 Å². The van der Waals surface area contributed by atoms with E-state index in [9.17, 15) is 0 Å². The molecule has 0 radical (unpaired) electrons. The number of aliphatic imine (C=N–C) groups is 1. The summed E-state index contributed by atoms with van der Waals surface area (Å²) in [5, 5.41) is 7.73. The lowest BCUT2D eigenvalue weighted by Gasteiger charge is -2.37. The fourth-order valence-corrected chi connectivity index (χ4v) is 2.65. The van der Waals surface area contributed by atoms with E-state index >= 15 is 0 Å². The molecule has 2 saturated carbocycles. The summed E-state index contributed by atoms with van der Waals surface area (Å²) in [5.41, 5.74) is 1.40. The molecule has 2 fully saturated rings. The van der Waals surface area contributed by atoms with Gasteiger partial charge in [-0.3, -0.25) is 4.99 Å². The second-order valence-electron chi connectivity index (χ2n) is 5.55. The minimum Gasteiger partial charge on any atom is -0.354 e. The van der Waals surface area contributed by atoms with Crippen LogP contribution in [0, 0.1) is 0 Å². The maximum Gasteiger partial charge on any atom is 0.191 e. The molecule has 4 heteroatoms. The van der Waals surface area contributed by atoms with Gasteiger partial charge in [0.25, 0.3) is 0 Å². The topological polar surface area (TPSA) is 36.4 Å². The van der Waals surface area contributed by atoms with E-state index in [0.717, 1.165) is 11.0 Å². The maximum atomic E-state index is 5.91. The molecule has 102 valence electrons. The number of rotatable bonds is 3. The first-order valence-electron chi connectivity index (χ1n) is 7.00. The molecule has 0 heterocycles. The van der Waals surface area contributed by atoms with Crippen LogP contribution in [0.4, 0.5) is 0 Å². The van der Waals surface area contributed by atoms with Gasteiger partial charge in [-0.1, -0.05) is 23.7 Å². The summed E-state index contributed by atoms with van der Waals surface area (Å²) in [6.07, 6.45) is 4.90. The van der Waals surface area contributed by atoms with Crippen LogP contribution in [0.3, 0.4) is 0 Å². The van der Waals surface area contributed by atoms with Crippen molar-refractivity contribution in [1.29, 1.82) is 0 Å². The van der Waals surface area contributed by atoms with Gasteiger partial charge < -0.3 is 10.6 Å². The van der Waals surface area contributed by atoms with E-state index in [-0.39, 0.29) is 0 Å². The molecule has 2 N–H and O–H groups in total. The van der Waals surface area contributed by atoms with Crippen LogP contribution in [0.25, 0.3) is 0 Å². The molecule has 2 aliphatic rings. The summed E-state index contributed by atoms with van der Waals surface area (Å²) in [6, 6.07) is 9.43. The number of halogens is 1. The van der Waals surface area contributed by atoms with Gasteiger partial charge in [0.15, 0.2) is 5.96 Å². The molecule has 0 amide bonds. The Kier molecular flexibility index (Phi) is 3.65. The average Bonchev–Trinajstić information content (AvgIpc) is 3.17. The number of nitrogens with one attached hydrogen (secondary N) is 2. The van der Waals surface area contributed by atoms with Crippen LogP contribution in [0.2, 0.25) is 5.02 Å². The maximum absolute atomic E-state index is 5.91. The molecular weight excluding hydrogens is 258 g/mol. The summed E-state index contributed by atoms with van der Waals surface area (Å²) in [6.45, 7) is 0. The van der Waals surface area contributed by atoms with Crippen LogP contribution in [-0.4, -0.2) is 25.1 Å². The predicted octanol–water partition coefficient (Wildman–Crippen LogP) is 2.91. The van der Waals surface area contributed by atoms with Crippen LogP contribution in [0.1, 0.15) is 37.2 Å². The van der Waals surface area contributed by atoms with Crippen LogP contribution >= 0.6 is 11.6 Å². The van der Waals surface area contributed by atoms with Gasteiger partial charge in [-0.25, -0.2) is 0 Å². The number of hydrogen-bond donors (Lipinski definition) is 2. The number of nitrogens with zero attached hydrogens (tertiary/aromatic N) is 1. The Balaban J connectivity index is 1.48. The highest BCUT2D eigenvalue weighted by Gasteiger charge is 2.31. The van der Waals surface area contributed by atoms with E-state index in [1.165, 1.54) is 31.2 Å². The first-order valence-corrected chi connectivity index (χ1v) is 7.37. The molecule has 0 aromatic heterocycles. The molecule has 0 aliphatic heterocycles. The summed E-state index contributed by atoms with van der Waals surface area (Å²) < 4.78 is 0. The highest BCUT2D eigenvalue weighted by Crippen LogP contribution is 2.37. The number of guanidine groups is 1. The van der Waals surface area contributed by atoms with Gasteiger partial charge in [0.1, 0.15) is 0 Å². The van der Waals surface area contributed by atoms with Crippen LogP contribution in [0.15, 0.2) is 29.3 Å². The zero-order valence-corrected chi connectivity index (χ0v) is 12.0. The molecule has 1 aromatic carbocycles. The summed E-state index contributed by atoms with van der Waals surface area (Å²) in [7, 11) is 1.84. The molecule has 19 heavy (non-hydrogen) atoms. The molecule has 2 aliphatic carbocycles. The van der Waals surface area contributed by atoms with Gasteiger partial charge in [0.2, 0.25) is 0 Å². The van der Waals surface area contributed by atoms with Gasteiger partial charge >= 0.3 is 0 Å². The normalized spacial score (nSPS) is 26.7. The first-order chi connectivity index (χ1) is 9.24. The Bertz CT molecular complexity index is 459. The Morgan fingerprint density at radius 3 is 2.32 bits per heavy atom.